The molecule has 8 aromatic rings. The van der Waals surface area contributed by atoms with Gasteiger partial charge >= 0.3 is 0 Å². The fourth-order valence-electron chi connectivity index (χ4n) is 7.34. The van der Waals surface area contributed by atoms with E-state index in [4.69, 9.17) is 4.74 Å². The van der Waals surface area contributed by atoms with E-state index in [9.17, 15) is 5.11 Å². The number of aliphatic hydroxyl groups excluding tert-OH is 1. The van der Waals surface area contributed by atoms with E-state index in [0.29, 0.717) is 0 Å². The summed E-state index contributed by atoms with van der Waals surface area (Å²) < 4.78 is 5.29. The summed E-state index contributed by atoms with van der Waals surface area (Å²) in [4.78, 5) is 4.55. The van der Waals surface area contributed by atoms with Gasteiger partial charge in [-0.1, -0.05) is 159 Å². The predicted octanol–water partition coefficient (Wildman–Crippen LogP) is 15.2. The Bertz CT molecular complexity index is 2580. The van der Waals surface area contributed by atoms with Crippen LogP contribution in [-0.2, 0) is 6.61 Å². The maximum Gasteiger partial charge on any atom is 0.118 e. The summed E-state index contributed by atoms with van der Waals surface area (Å²) in [6, 6.07) is 71.4. The van der Waals surface area contributed by atoms with Gasteiger partial charge in [0.25, 0.3) is 0 Å². The molecule has 4 heteroatoms. The minimum atomic E-state index is 0.0393. The van der Waals surface area contributed by atoms with Crippen LogP contribution in [0.4, 0.5) is 34.1 Å². The van der Waals surface area contributed by atoms with Crippen molar-refractivity contribution >= 4 is 57.4 Å². The Morgan fingerprint density at radius 1 is 0.435 bits per heavy atom. The smallest absolute Gasteiger partial charge is 0.118 e. The largest absolute Gasteiger partial charge is 0.497 e. The van der Waals surface area contributed by atoms with Crippen molar-refractivity contribution in [2.24, 2.45) is 0 Å². The number of anilines is 6. The summed E-state index contributed by atoms with van der Waals surface area (Å²) in [5.41, 5.74) is 15.7. The van der Waals surface area contributed by atoms with Gasteiger partial charge < -0.3 is 19.6 Å². The van der Waals surface area contributed by atoms with Crippen molar-refractivity contribution in [3.05, 3.63) is 259 Å². The van der Waals surface area contributed by atoms with E-state index in [-0.39, 0.29) is 6.61 Å². The quantitative estimate of drug-likeness (QED) is 0.105. The first-order valence-corrected chi connectivity index (χ1v) is 20.7. The average Bonchev–Trinajstić information content (AvgIpc) is 3.34. The van der Waals surface area contributed by atoms with Crippen molar-refractivity contribution < 1.29 is 9.84 Å². The van der Waals surface area contributed by atoms with Crippen LogP contribution in [0.25, 0.3) is 34.4 Å². The standard InChI is InChI=1S/C58H48N2O2/c1-43(14-16-45-18-20-47(42-61)21-19-45)48-24-32-54(33-25-48)59(52-10-6-4-7-11-52)56-36-28-50(29-37-56)51-30-38-57(39-31-51)60(53-12-8-5-9-13-53)55-34-26-49(27-35-55)44(2)15-17-46-22-40-58(62-3)41-23-46/h4-41,61H,1-2,42H2,3H3. The van der Waals surface area contributed by atoms with E-state index >= 15 is 0 Å². The minimum Gasteiger partial charge on any atom is -0.497 e. The Hall–Kier alpha value is -7.92. The molecule has 0 amide bonds. The highest BCUT2D eigenvalue weighted by Gasteiger charge is 2.15. The van der Waals surface area contributed by atoms with Gasteiger partial charge in [-0.2, -0.15) is 0 Å². The molecule has 0 aromatic heterocycles. The topological polar surface area (TPSA) is 35.9 Å². The molecule has 0 aliphatic carbocycles. The predicted molar refractivity (Wildman–Crippen MR) is 263 cm³/mol. The second-order valence-corrected chi connectivity index (χ2v) is 14.9. The molecule has 0 saturated heterocycles. The van der Waals surface area contributed by atoms with E-state index in [2.05, 4.69) is 175 Å². The maximum absolute atomic E-state index is 9.36. The van der Waals surface area contributed by atoms with Gasteiger partial charge in [0, 0.05) is 34.1 Å². The number of methoxy groups -OCH3 is 1. The average molecular weight is 805 g/mol. The fraction of sp³-hybridized carbons (Fsp3) is 0.0345. The van der Waals surface area contributed by atoms with Crippen LogP contribution >= 0.6 is 0 Å². The highest BCUT2D eigenvalue weighted by molar-refractivity contribution is 5.84. The molecule has 0 heterocycles. The van der Waals surface area contributed by atoms with Crippen LogP contribution in [0.5, 0.6) is 5.75 Å². The van der Waals surface area contributed by atoms with Gasteiger partial charge in [-0.25, -0.2) is 0 Å². The molecule has 0 radical (unpaired) electrons. The number of benzene rings is 8. The molecule has 8 aromatic carbocycles. The number of hydrogen-bond donors (Lipinski definition) is 1. The lowest BCUT2D eigenvalue weighted by Gasteiger charge is -2.26. The molecule has 0 unspecified atom stereocenters. The molecule has 8 rings (SSSR count). The Morgan fingerprint density at radius 3 is 1.13 bits per heavy atom. The zero-order valence-electron chi connectivity index (χ0n) is 34.8. The van der Waals surface area contributed by atoms with E-state index in [1.54, 1.807) is 7.11 Å². The van der Waals surface area contributed by atoms with Crippen molar-refractivity contribution in [2.75, 3.05) is 16.9 Å². The Labute approximate surface area is 365 Å². The highest BCUT2D eigenvalue weighted by atomic mass is 16.5. The monoisotopic (exact) mass is 804 g/mol. The van der Waals surface area contributed by atoms with Gasteiger partial charge in [0.1, 0.15) is 5.75 Å². The van der Waals surface area contributed by atoms with Crippen molar-refractivity contribution in [1.82, 2.24) is 0 Å². The number of ether oxygens (including phenoxy) is 1. The molecule has 4 nitrogen and oxygen atoms in total. The van der Waals surface area contributed by atoms with Crippen LogP contribution in [0.2, 0.25) is 0 Å². The number of rotatable bonds is 15. The molecule has 0 aliphatic rings. The van der Waals surface area contributed by atoms with Crippen LogP contribution < -0.4 is 14.5 Å². The third-order valence-electron chi connectivity index (χ3n) is 10.8. The lowest BCUT2D eigenvalue weighted by Crippen LogP contribution is -2.10. The van der Waals surface area contributed by atoms with Gasteiger partial charge in [-0.15, -0.1) is 0 Å². The van der Waals surface area contributed by atoms with Crippen LogP contribution in [0.1, 0.15) is 27.8 Å². The number of nitrogens with zero attached hydrogens (tertiary/aromatic N) is 2. The van der Waals surface area contributed by atoms with Gasteiger partial charge in [0.2, 0.25) is 0 Å². The number of hydrogen-bond acceptors (Lipinski definition) is 4. The first-order chi connectivity index (χ1) is 30.4. The zero-order valence-corrected chi connectivity index (χ0v) is 34.8. The molecule has 0 aliphatic heterocycles. The Kier molecular flexibility index (Phi) is 12.8. The van der Waals surface area contributed by atoms with Crippen LogP contribution in [0.3, 0.4) is 0 Å². The SMILES string of the molecule is C=C(C=Cc1ccc(CO)cc1)c1ccc(N(c2ccccc2)c2ccc(-c3ccc(N(c4ccccc4)c4ccc(C(=C)C=Cc5ccc(OC)cc5)cc4)cc3)cc2)cc1. The Morgan fingerprint density at radius 2 is 0.774 bits per heavy atom. The fourth-order valence-corrected chi connectivity index (χ4v) is 7.34. The van der Waals surface area contributed by atoms with E-state index in [0.717, 1.165) is 90.0 Å². The third-order valence-corrected chi connectivity index (χ3v) is 10.8. The second kappa shape index (κ2) is 19.4. The Balaban J connectivity index is 0.998. The maximum atomic E-state index is 9.36. The van der Waals surface area contributed by atoms with Gasteiger partial charge in [-0.05, 0) is 135 Å². The summed E-state index contributed by atoms with van der Waals surface area (Å²) in [6.07, 6.45) is 8.20. The van der Waals surface area contributed by atoms with Gasteiger partial charge in [0.15, 0.2) is 0 Å². The van der Waals surface area contributed by atoms with E-state index in [1.807, 2.05) is 78.9 Å². The molecule has 1 N–H and O–H groups in total. The van der Waals surface area contributed by atoms with Gasteiger partial charge in [0.05, 0.1) is 13.7 Å². The summed E-state index contributed by atoms with van der Waals surface area (Å²) >= 11 is 0. The molecular formula is C58H48N2O2. The van der Waals surface area contributed by atoms with Crippen molar-refractivity contribution in [3.63, 3.8) is 0 Å². The third kappa shape index (κ3) is 9.75. The van der Waals surface area contributed by atoms with Gasteiger partial charge in [-0.3, -0.25) is 0 Å². The molecule has 0 atom stereocenters. The zero-order chi connectivity index (χ0) is 42.7. The number of aliphatic hydroxyl groups is 1. The molecule has 0 saturated carbocycles. The highest BCUT2D eigenvalue weighted by Crippen LogP contribution is 2.38. The van der Waals surface area contributed by atoms with Crippen LogP contribution in [0, 0.1) is 0 Å². The summed E-state index contributed by atoms with van der Waals surface area (Å²) in [5.74, 6) is 0.838. The summed E-state index contributed by atoms with van der Waals surface area (Å²) in [6.45, 7) is 8.70. The van der Waals surface area contributed by atoms with Crippen molar-refractivity contribution in [1.29, 1.82) is 0 Å². The minimum absolute atomic E-state index is 0.0393. The number of allylic oxidation sites excluding steroid dienone is 4. The molecule has 302 valence electrons. The first kappa shape index (κ1) is 40.8. The second-order valence-electron chi connectivity index (χ2n) is 14.9. The normalized spacial score (nSPS) is 11.1. The van der Waals surface area contributed by atoms with E-state index < -0.39 is 0 Å². The summed E-state index contributed by atoms with van der Waals surface area (Å²) in [7, 11) is 1.68. The first-order valence-electron chi connectivity index (χ1n) is 20.7. The molecule has 0 fully saturated rings. The van der Waals surface area contributed by atoms with Crippen LogP contribution in [-0.4, -0.2) is 12.2 Å². The number of para-hydroxylation sites is 2. The summed E-state index contributed by atoms with van der Waals surface area (Å²) in [5, 5.41) is 9.36. The van der Waals surface area contributed by atoms with E-state index in [1.165, 1.54) is 0 Å². The van der Waals surface area contributed by atoms with Crippen molar-refractivity contribution in [2.45, 2.75) is 6.61 Å². The molecular weight excluding hydrogens is 757 g/mol. The van der Waals surface area contributed by atoms with Crippen molar-refractivity contribution in [3.8, 4) is 16.9 Å². The molecule has 0 bridgehead atoms. The molecule has 62 heavy (non-hydrogen) atoms. The lowest BCUT2D eigenvalue weighted by atomic mass is 10.0. The van der Waals surface area contributed by atoms with Crippen LogP contribution in [0.15, 0.2) is 232 Å². The molecule has 0 spiro atoms. The lowest BCUT2D eigenvalue weighted by molar-refractivity contribution is 0.282.